The third-order valence-electron chi connectivity index (χ3n) is 2.66. The fourth-order valence-corrected chi connectivity index (χ4v) is 2.67. The summed E-state index contributed by atoms with van der Waals surface area (Å²) in [7, 11) is 0. The summed E-state index contributed by atoms with van der Waals surface area (Å²) in [6, 6.07) is 2.06. The molecule has 2 aromatic heterocycles. The molecule has 4 nitrogen and oxygen atoms in total. The third-order valence-corrected chi connectivity index (χ3v) is 3.78. The van der Waals surface area contributed by atoms with Gasteiger partial charge in [0.1, 0.15) is 17.1 Å². The molecule has 0 aliphatic heterocycles. The van der Waals surface area contributed by atoms with Crippen molar-refractivity contribution in [2.24, 2.45) is 0 Å². The van der Waals surface area contributed by atoms with Crippen molar-refractivity contribution in [3.8, 4) is 6.07 Å². The number of nitriles is 1. The molecule has 2 rings (SSSR count). The Kier molecular flexibility index (Phi) is 2.86. The van der Waals surface area contributed by atoms with E-state index in [1.54, 1.807) is 11.3 Å². The molecule has 2 aromatic rings. The number of thiophene rings is 1. The number of aliphatic hydroxyl groups is 1. The molecule has 1 atom stereocenters. The van der Waals surface area contributed by atoms with Crippen molar-refractivity contribution in [2.45, 2.75) is 19.8 Å². The van der Waals surface area contributed by atoms with Crippen molar-refractivity contribution < 1.29 is 5.11 Å². The minimum Gasteiger partial charge on any atom is -0.395 e. The summed E-state index contributed by atoms with van der Waals surface area (Å²) in [5, 5.41) is 19.0. The lowest BCUT2D eigenvalue weighted by molar-refractivity contribution is 0.284. The molecule has 0 fully saturated rings. The van der Waals surface area contributed by atoms with Crippen LogP contribution in [0.15, 0.2) is 6.33 Å². The molecular formula is C11H11N3OS. The lowest BCUT2D eigenvalue weighted by Gasteiger charge is -2.06. The maximum Gasteiger partial charge on any atom is 0.127 e. The third kappa shape index (κ3) is 1.56. The molecule has 82 valence electrons. The summed E-state index contributed by atoms with van der Waals surface area (Å²) in [5.74, 6) is -0.571. The van der Waals surface area contributed by atoms with E-state index < -0.39 is 5.92 Å². The normalized spacial score (nSPS) is 12.6. The van der Waals surface area contributed by atoms with E-state index in [4.69, 9.17) is 10.4 Å². The first-order chi connectivity index (χ1) is 7.69. The van der Waals surface area contributed by atoms with E-state index in [0.717, 1.165) is 15.8 Å². The van der Waals surface area contributed by atoms with Crippen molar-refractivity contribution in [1.29, 1.82) is 5.26 Å². The molecule has 0 saturated heterocycles. The van der Waals surface area contributed by atoms with Crippen LogP contribution in [0.4, 0.5) is 0 Å². The molecule has 2 heterocycles. The highest BCUT2D eigenvalue weighted by Crippen LogP contribution is 2.32. The number of hydrogen-bond donors (Lipinski definition) is 1. The highest BCUT2D eigenvalue weighted by molar-refractivity contribution is 7.18. The number of fused-ring (bicyclic) bond motifs is 1. The van der Waals surface area contributed by atoms with Crippen LogP contribution in [-0.2, 0) is 0 Å². The van der Waals surface area contributed by atoms with Gasteiger partial charge in [0.25, 0.3) is 0 Å². The molecular weight excluding hydrogens is 222 g/mol. The predicted molar refractivity (Wildman–Crippen MR) is 62.3 cm³/mol. The van der Waals surface area contributed by atoms with Crippen molar-refractivity contribution in [2.75, 3.05) is 6.61 Å². The van der Waals surface area contributed by atoms with E-state index in [1.165, 1.54) is 11.2 Å². The summed E-state index contributed by atoms with van der Waals surface area (Å²) in [6.07, 6.45) is 1.45. The van der Waals surface area contributed by atoms with Gasteiger partial charge in [0.2, 0.25) is 0 Å². The minimum absolute atomic E-state index is 0.211. The molecule has 0 amide bonds. The van der Waals surface area contributed by atoms with Crippen molar-refractivity contribution in [3.05, 3.63) is 22.5 Å². The van der Waals surface area contributed by atoms with E-state index in [0.29, 0.717) is 5.69 Å². The smallest absolute Gasteiger partial charge is 0.127 e. The summed E-state index contributed by atoms with van der Waals surface area (Å²) in [6.45, 7) is 3.80. The molecule has 5 heteroatoms. The topological polar surface area (TPSA) is 69.8 Å². The van der Waals surface area contributed by atoms with Crippen LogP contribution >= 0.6 is 11.3 Å². The molecule has 16 heavy (non-hydrogen) atoms. The second kappa shape index (κ2) is 4.16. The Morgan fingerprint density at radius 1 is 1.50 bits per heavy atom. The van der Waals surface area contributed by atoms with Crippen LogP contribution in [0.1, 0.15) is 22.1 Å². The summed E-state index contributed by atoms with van der Waals surface area (Å²) >= 11 is 1.59. The van der Waals surface area contributed by atoms with Crippen LogP contribution in [0, 0.1) is 25.2 Å². The molecule has 0 aliphatic rings. The second-order valence-corrected chi connectivity index (χ2v) is 4.79. The van der Waals surface area contributed by atoms with Gasteiger partial charge >= 0.3 is 0 Å². The summed E-state index contributed by atoms with van der Waals surface area (Å²) in [5.41, 5.74) is 1.74. The average Bonchev–Trinajstić information content (AvgIpc) is 2.57. The first kappa shape index (κ1) is 11.0. The average molecular weight is 233 g/mol. The van der Waals surface area contributed by atoms with E-state index in [2.05, 4.69) is 16.0 Å². The zero-order valence-electron chi connectivity index (χ0n) is 9.06. The Hall–Kier alpha value is -1.51. The lowest BCUT2D eigenvalue weighted by atomic mass is 10.0. The van der Waals surface area contributed by atoms with Crippen LogP contribution < -0.4 is 0 Å². The number of nitrogens with zero attached hydrogens (tertiary/aromatic N) is 3. The number of aryl methyl sites for hydroxylation is 2. The Morgan fingerprint density at radius 2 is 2.25 bits per heavy atom. The van der Waals surface area contributed by atoms with E-state index >= 15 is 0 Å². The highest BCUT2D eigenvalue weighted by atomic mass is 32.1. The minimum atomic E-state index is -0.571. The number of aromatic nitrogens is 2. The molecule has 0 bridgehead atoms. The maximum atomic E-state index is 9.16. The molecule has 1 N–H and O–H groups in total. The largest absolute Gasteiger partial charge is 0.395 e. The first-order valence-corrected chi connectivity index (χ1v) is 5.71. The van der Waals surface area contributed by atoms with Gasteiger partial charge in [-0.2, -0.15) is 5.26 Å². The van der Waals surface area contributed by atoms with Gasteiger partial charge < -0.3 is 5.11 Å². The Morgan fingerprint density at radius 3 is 2.88 bits per heavy atom. The number of hydrogen-bond acceptors (Lipinski definition) is 5. The zero-order chi connectivity index (χ0) is 11.7. The van der Waals surface area contributed by atoms with Gasteiger partial charge in [-0.15, -0.1) is 11.3 Å². The SMILES string of the molecule is Cc1sc2ncnc(C(C#N)CO)c2c1C. The van der Waals surface area contributed by atoms with Gasteiger partial charge in [0, 0.05) is 10.3 Å². The van der Waals surface area contributed by atoms with Crippen LogP contribution in [0.5, 0.6) is 0 Å². The number of rotatable bonds is 2. The van der Waals surface area contributed by atoms with Gasteiger partial charge in [-0.1, -0.05) is 0 Å². The van der Waals surface area contributed by atoms with Crippen molar-refractivity contribution >= 4 is 21.6 Å². The Labute approximate surface area is 97.2 Å². The summed E-state index contributed by atoms with van der Waals surface area (Å²) < 4.78 is 0. The fraction of sp³-hybridized carbons (Fsp3) is 0.364. The highest BCUT2D eigenvalue weighted by Gasteiger charge is 2.18. The second-order valence-electron chi connectivity index (χ2n) is 3.59. The van der Waals surface area contributed by atoms with Crippen molar-refractivity contribution in [1.82, 2.24) is 9.97 Å². The Bertz CT molecular complexity index is 570. The van der Waals surface area contributed by atoms with Crippen LogP contribution in [0.3, 0.4) is 0 Å². The Balaban J connectivity index is 2.75. The van der Waals surface area contributed by atoms with Gasteiger partial charge in [-0.25, -0.2) is 9.97 Å². The van der Waals surface area contributed by atoms with Crippen molar-refractivity contribution in [3.63, 3.8) is 0 Å². The molecule has 0 radical (unpaired) electrons. The van der Waals surface area contributed by atoms with Gasteiger partial charge in [0.15, 0.2) is 0 Å². The first-order valence-electron chi connectivity index (χ1n) is 4.90. The van der Waals surface area contributed by atoms with Crippen LogP contribution in [0.25, 0.3) is 10.2 Å². The van der Waals surface area contributed by atoms with Crippen LogP contribution in [-0.4, -0.2) is 21.7 Å². The van der Waals surface area contributed by atoms with Gasteiger partial charge in [0.05, 0.1) is 18.4 Å². The standard InChI is InChI=1S/C11H11N3OS/c1-6-7(2)16-11-9(6)10(13-5-14-11)8(3-12)4-15/h5,8,15H,4H2,1-2H3. The van der Waals surface area contributed by atoms with Gasteiger partial charge in [-0.3, -0.25) is 0 Å². The summed E-state index contributed by atoms with van der Waals surface area (Å²) in [4.78, 5) is 10.4. The molecule has 0 aliphatic carbocycles. The monoisotopic (exact) mass is 233 g/mol. The van der Waals surface area contributed by atoms with E-state index in [1.807, 2.05) is 13.8 Å². The van der Waals surface area contributed by atoms with E-state index in [-0.39, 0.29) is 6.61 Å². The number of aliphatic hydroxyl groups excluding tert-OH is 1. The quantitative estimate of drug-likeness (QED) is 0.860. The molecule has 0 spiro atoms. The zero-order valence-corrected chi connectivity index (χ0v) is 9.88. The predicted octanol–water partition coefficient (Wildman–Crippen LogP) is 1.91. The maximum absolute atomic E-state index is 9.16. The molecule has 0 aromatic carbocycles. The molecule has 0 saturated carbocycles. The lowest BCUT2D eigenvalue weighted by Crippen LogP contribution is -2.05. The van der Waals surface area contributed by atoms with Gasteiger partial charge in [-0.05, 0) is 19.4 Å². The molecule has 1 unspecified atom stereocenters. The van der Waals surface area contributed by atoms with Crippen LogP contribution in [0.2, 0.25) is 0 Å². The fourth-order valence-electron chi connectivity index (χ4n) is 1.66. The van der Waals surface area contributed by atoms with E-state index in [9.17, 15) is 0 Å².